The first-order valence-corrected chi connectivity index (χ1v) is 9.87. The van der Waals surface area contributed by atoms with Gasteiger partial charge in [-0.3, -0.25) is 4.79 Å². The van der Waals surface area contributed by atoms with E-state index >= 15 is 0 Å². The van der Waals surface area contributed by atoms with Crippen LogP contribution in [0.1, 0.15) is 27.7 Å². The summed E-state index contributed by atoms with van der Waals surface area (Å²) in [5.74, 6) is 0.390. The molecule has 30 heavy (non-hydrogen) atoms. The second-order valence-electron chi connectivity index (χ2n) is 6.35. The molecule has 156 valence electrons. The summed E-state index contributed by atoms with van der Waals surface area (Å²) < 4.78 is 16.2. The maximum atomic E-state index is 12.5. The van der Waals surface area contributed by atoms with E-state index in [1.54, 1.807) is 26.5 Å². The molecule has 3 rings (SSSR count). The highest BCUT2D eigenvalue weighted by Gasteiger charge is 2.19. The Morgan fingerprint density at radius 3 is 1.93 bits per heavy atom. The summed E-state index contributed by atoms with van der Waals surface area (Å²) >= 11 is 3.25. The molecule has 0 unspecified atom stereocenters. The van der Waals surface area contributed by atoms with E-state index in [1.807, 2.05) is 48.5 Å². The number of halogens is 1. The van der Waals surface area contributed by atoms with Crippen LogP contribution in [0.5, 0.6) is 11.5 Å². The highest BCUT2D eigenvalue weighted by Crippen LogP contribution is 2.26. The third-order valence-electron chi connectivity index (χ3n) is 4.41. The number of carbonyl (C=O) groups excluding carboxylic acids is 2. The van der Waals surface area contributed by atoms with Gasteiger partial charge in [0, 0.05) is 10.7 Å². The van der Waals surface area contributed by atoms with Crippen molar-refractivity contribution < 1.29 is 23.8 Å². The molecule has 1 amide bonds. The van der Waals surface area contributed by atoms with Crippen molar-refractivity contribution in [2.45, 2.75) is 6.04 Å². The first kappa shape index (κ1) is 21.4. The van der Waals surface area contributed by atoms with Gasteiger partial charge in [0.1, 0.15) is 17.2 Å². The fraction of sp³-hybridized carbons (Fsp3) is 0.182. The molecule has 0 aliphatic carbocycles. The molecular formula is C22H21BrN2O5. The van der Waals surface area contributed by atoms with E-state index in [4.69, 9.17) is 14.2 Å². The van der Waals surface area contributed by atoms with Crippen LogP contribution in [0.4, 0.5) is 0 Å². The highest BCUT2D eigenvalue weighted by atomic mass is 79.9. The van der Waals surface area contributed by atoms with Crippen molar-refractivity contribution in [1.82, 2.24) is 10.3 Å². The summed E-state index contributed by atoms with van der Waals surface area (Å²) in [6.45, 7) is -0.404. The van der Waals surface area contributed by atoms with Gasteiger partial charge in [-0.15, -0.1) is 0 Å². The lowest BCUT2D eigenvalue weighted by Gasteiger charge is -2.20. The zero-order valence-corrected chi connectivity index (χ0v) is 18.1. The normalized spacial score (nSPS) is 10.5. The zero-order valence-electron chi connectivity index (χ0n) is 16.5. The molecule has 0 fully saturated rings. The second-order valence-corrected chi connectivity index (χ2v) is 7.27. The number of H-pyrrole nitrogens is 1. The summed E-state index contributed by atoms with van der Waals surface area (Å²) in [5.41, 5.74) is 1.97. The van der Waals surface area contributed by atoms with Crippen molar-refractivity contribution in [2.24, 2.45) is 0 Å². The number of hydrogen-bond donors (Lipinski definition) is 2. The Morgan fingerprint density at radius 1 is 0.967 bits per heavy atom. The molecule has 1 aromatic heterocycles. The Balaban J connectivity index is 1.73. The molecule has 0 aliphatic rings. The lowest BCUT2D eigenvalue weighted by Crippen LogP contribution is -2.33. The minimum atomic E-state index is -0.610. The number of aromatic amines is 1. The lowest BCUT2D eigenvalue weighted by molar-refractivity contribution is -0.124. The smallest absolute Gasteiger partial charge is 0.355 e. The maximum absolute atomic E-state index is 12.5. The first-order valence-electron chi connectivity index (χ1n) is 9.08. The van der Waals surface area contributed by atoms with Crippen LogP contribution in [0.2, 0.25) is 0 Å². The van der Waals surface area contributed by atoms with Gasteiger partial charge in [-0.1, -0.05) is 24.3 Å². The number of methoxy groups -OCH3 is 2. The van der Waals surface area contributed by atoms with E-state index in [2.05, 4.69) is 26.2 Å². The van der Waals surface area contributed by atoms with Crippen LogP contribution in [-0.2, 0) is 9.53 Å². The minimum absolute atomic E-state index is 0.261. The van der Waals surface area contributed by atoms with Crippen LogP contribution >= 0.6 is 15.9 Å². The van der Waals surface area contributed by atoms with Crippen LogP contribution < -0.4 is 14.8 Å². The molecule has 0 saturated carbocycles. The van der Waals surface area contributed by atoms with E-state index in [-0.39, 0.29) is 5.69 Å². The van der Waals surface area contributed by atoms with Crippen molar-refractivity contribution in [2.75, 3.05) is 20.8 Å². The van der Waals surface area contributed by atoms with Crippen molar-refractivity contribution in [3.05, 3.63) is 82.1 Å². The van der Waals surface area contributed by atoms with Crippen LogP contribution in [0.15, 0.2) is 65.3 Å². The van der Waals surface area contributed by atoms with Gasteiger partial charge in [-0.05, 0) is 57.4 Å². The van der Waals surface area contributed by atoms with Crippen molar-refractivity contribution in [3.63, 3.8) is 0 Å². The third-order valence-corrected chi connectivity index (χ3v) is 4.86. The fourth-order valence-electron chi connectivity index (χ4n) is 2.85. The SMILES string of the molecule is COc1ccc(C(NC(=O)COC(=O)c2cc(Br)c[nH]2)c2ccc(OC)cc2)cc1. The zero-order chi connectivity index (χ0) is 21.5. The summed E-state index contributed by atoms with van der Waals surface area (Å²) in [4.78, 5) is 27.3. The molecule has 1 heterocycles. The molecule has 8 heteroatoms. The van der Waals surface area contributed by atoms with E-state index in [9.17, 15) is 9.59 Å². The van der Waals surface area contributed by atoms with Crippen LogP contribution in [-0.4, -0.2) is 37.7 Å². The van der Waals surface area contributed by atoms with E-state index < -0.39 is 24.5 Å². The number of rotatable bonds is 8. The Bertz CT molecular complexity index is 952. The average molecular weight is 473 g/mol. The maximum Gasteiger partial charge on any atom is 0.355 e. The Hall–Kier alpha value is -3.26. The number of esters is 1. The van der Waals surface area contributed by atoms with Crippen molar-refractivity contribution in [1.29, 1.82) is 0 Å². The van der Waals surface area contributed by atoms with Crippen molar-refractivity contribution >= 4 is 27.8 Å². The van der Waals surface area contributed by atoms with Gasteiger partial charge in [0.25, 0.3) is 5.91 Å². The molecule has 3 aromatic rings. The first-order chi connectivity index (χ1) is 14.5. The number of hydrogen-bond acceptors (Lipinski definition) is 5. The number of aromatic nitrogens is 1. The Morgan fingerprint density at radius 2 is 1.50 bits per heavy atom. The van der Waals surface area contributed by atoms with E-state index in [0.29, 0.717) is 11.5 Å². The molecule has 0 bridgehead atoms. The number of amides is 1. The van der Waals surface area contributed by atoms with Gasteiger partial charge in [-0.25, -0.2) is 4.79 Å². The fourth-order valence-corrected chi connectivity index (χ4v) is 3.19. The Labute approximate surface area is 182 Å². The Kier molecular flexibility index (Phi) is 7.13. The highest BCUT2D eigenvalue weighted by molar-refractivity contribution is 9.10. The monoisotopic (exact) mass is 472 g/mol. The molecule has 0 spiro atoms. The number of ether oxygens (including phenoxy) is 3. The second kappa shape index (κ2) is 9.98. The quantitative estimate of drug-likeness (QED) is 0.485. The summed E-state index contributed by atoms with van der Waals surface area (Å²) in [7, 11) is 3.18. The van der Waals surface area contributed by atoms with E-state index in [1.165, 1.54) is 0 Å². The molecule has 7 nitrogen and oxygen atoms in total. The number of benzene rings is 2. The van der Waals surface area contributed by atoms with Gasteiger partial charge < -0.3 is 24.5 Å². The van der Waals surface area contributed by atoms with Gasteiger partial charge in [-0.2, -0.15) is 0 Å². The average Bonchev–Trinajstić information content (AvgIpc) is 3.22. The molecular weight excluding hydrogens is 452 g/mol. The summed E-state index contributed by atoms with van der Waals surface area (Å²) in [6.07, 6.45) is 1.61. The molecule has 2 N–H and O–H groups in total. The molecule has 0 aliphatic heterocycles. The summed E-state index contributed by atoms with van der Waals surface area (Å²) in [6, 6.07) is 15.9. The van der Waals surface area contributed by atoms with Crippen LogP contribution in [0, 0.1) is 0 Å². The molecule has 0 radical (unpaired) electrons. The van der Waals surface area contributed by atoms with Crippen LogP contribution in [0.3, 0.4) is 0 Å². The predicted octanol–water partition coefficient (Wildman–Crippen LogP) is 3.86. The topological polar surface area (TPSA) is 89.6 Å². The molecule has 0 saturated heterocycles. The van der Waals surface area contributed by atoms with Gasteiger partial charge in [0.2, 0.25) is 0 Å². The molecule has 2 aromatic carbocycles. The van der Waals surface area contributed by atoms with Gasteiger partial charge in [0.05, 0.1) is 20.3 Å². The predicted molar refractivity (Wildman–Crippen MR) is 115 cm³/mol. The van der Waals surface area contributed by atoms with Crippen LogP contribution in [0.25, 0.3) is 0 Å². The van der Waals surface area contributed by atoms with E-state index in [0.717, 1.165) is 15.6 Å². The third kappa shape index (κ3) is 5.42. The van der Waals surface area contributed by atoms with Gasteiger partial charge >= 0.3 is 5.97 Å². The molecule has 0 atom stereocenters. The number of carbonyl (C=O) groups is 2. The van der Waals surface area contributed by atoms with Crippen molar-refractivity contribution in [3.8, 4) is 11.5 Å². The largest absolute Gasteiger partial charge is 0.497 e. The van der Waals surface area contributed by atoms with Gasteiger partial charge in [0.15, 0.2) is 6.61 Å². The number of nitrogens with one attached hydrogen (secondary N) is 2. The lowest BCUT2D eigenvalue weighted by atomic mass is 9.98. The summed E-state index contributed by atoms with van der Waals surface area (Å²) in [5, 5.41) is 2.92. The standard InChI is InChI=1S/C22H21BrN2O5/c1-28-17-7-3-14(4-8-17)21(15-5-9-18(29-2)10-6-15)25-20(26)13-30-22(27)19-11-16(23)12-24-19/h3-12,21,24H,13H2,1-2H3,(H,25,26). The minimum Gasteiger partial charge on any atom is -0.497 e.